The molecule has 1 aliphatic heterocycles. The zero-order valence-electron chi connectivity index (χ0n) is 12.3. The summed E-state index contributed by atoms with van der Waals surface area (Å²) in [6.07, 6.45) is 12.8. The maximum Gasteiger partial charge on any atom is 0 e. The van der Waals surface area contributed by atoms with Crippen LogP contribution in [0.15, 0.2) is 18.2 Å². The Labute approximate surface area is 126 Å². The molecule has 1 fully saturated rings. The SMILES string of the molecule is C[CH-]N1CCCC1.[C-]1=CC=CC1.[CH3-].[CH3-].[CH3-].[CH3-].[Ti]. The summed E-state index contributed by atoms with van der Waals surface area (Å²) >= 11 is 0. The van der Waals surface area contributed by atoms with Gasteiger partial charge in [-0.2, -0.15) is 13.0 Å². The van der Waals surface area contributed by atoms with Gasteiger partial charge < -0.3 is 34.6 Å². The second-order valence-electron chi connectivity index (χ2n) is 3.00. The van der Waals surface area contributed by atoms with Crippen LogP contribution in [0.3, 0.4) is 0 Å². The Bertz CT molecular complexity index is 148. The van der Waals surface area contributed by atoms with Gasteiger partial charge >= 0.3 is 0 Å². The van der Waals surface area contributed by atoms with Crippen LogP contribution in [0.2, 0.25) is 0 Å². The molecule has 0 N–H and O–H groups in total. The van der Waals surface area contributed by atoms with Crippen LogP contribution in [-0.4, -0.2) is 18.0 Å². The Morgan fingerprint density at radius 2 is 1.59 bits per heavy atom. The minimum absolute atomic E-state index is 0. The van der Waals surface area contributed by atoms with E-state index in [2.05, 4.69) is 30.5 Å². The Hall–Kier alpha value is 0.154. The van der Waals surface area contributed by atoms with E-state index >= 15 is 0 Å². The average molecular weight is 271 g/mol. The topological polar surface area (TPSA) is 3.24 Å². The van der Waals surface area contributed by atoms with Gasteiger partial charge in [-0.3, -0.25) is 12.6 Å². The summed E-state index contributed by atoms with van der Waals surface area (Å²) in [7, 11) is 0. The molecule has 0 bridgehead atoms. The van der Waals surface area contributed by atoms with Crippen molar-refractivity contribution in [2.75, 3.05) is 13.1 Å². The fourth-order valence-corrected chi connectivity index (χ4v) is 1.34. The van der Waals surface area contributed by atoms with E-state index < -0.39 is 0 Å². The Morgan fingerprint density at radius 3 is 1.76 bits per heavy atom. The van der Waals surface area contributed by atoms with Crippen molar-refractivity contribution in [1.29, 1.82) is 0 Å². The summed E-state index contributed by atoms with van der Waals surface area (Å²) in [5, 5.41) is 0. The Morgan fingerprint density at radius 1 is 1.06 bits per heavy atom. The monoisotopic (exact) mass is 271 g/mol. The molecule has 0 aromatic heterocycles. The largest absolute Gasteiger partial charge is 0.457 e. The van der Waals surface area contributed by atoms with Crippen LogP contribution in [0.4, 0.5) is 0 Å². The van der Waals surface area contributed by atoms with E-state index in [1.807, 2.05) is 12.2 Å². The van der Waals surface area contributed by atoms with Crippen molar-refractivity contribution in [3.8, 4) is 0 Å². The Balaban J connectivity index is -0.0000000447. The maximum atomic E-state index is 2.99. The molecule has 0 aromatic carbocycles. The average Bonchev–Trinajstić information content (AvgIpc) is 2.81. The van der Waals surface area contributed by atoms with Crippen LogP contribution < -0.4 is 0 Å². The molecule has 0 saturated carbocycles. The Kier molecular flexibility index (Phi) is 38.2. The second kappa shape index (κ2) is 21.4. The molecule has 1 aliphatic carbocycles. The molecule has 2 heteroatoms. The van der Waals surface area contributed by atoms with Gasteiger partial charge in [0.1, 0.15) is 0 Å². The summed E-state index contributed by atoms with van der Waals surface area (Å²) in [4.78, 5) is 2.36. The van der Waals surface area contributed by atoms with E-state index in [1.165, 1.54) is 25.9 Å². The van der Waals surface area contributed by atoms with Crippen molar-refractivity contribution < 1.29 is 21.7 Å². The van der Waals surface area contributed by atoms with E-state index in [0.29, 0.717) is 0 Å². The normalized spacial score (nSPS) is 14.9. The molecule has 17 heavy (non-hydrogen) atoms. The van der Waals surface area contributed by atoms with Gasteiger partial charge in [0.15, 0.2) is 0 Å². The maximum absolute atomic E-state index is 2.99. The van der Waals surface area contributed by atoms with Crippen LogP contribution in [-0.2, 0) is 21.7 Å². The number of likely N-dealkylation sites (tertiary alicyclic amines) is 1. The van der Waals surface area contributed by atoms with Crippen molar-refractivity contribution in [3.05, 3.63) is 60.6 Å². The number of nitrogens with zero attached hydrogens (tertiary/aromatic N) is 1. The summed E-state index contributed by atoms with van der Waals surface area (Å²) < 4.78 is 0. The molecule has 1 saturated heterocycles. The number of rotatable bonds is 1. The molecule has 0 atom stereocenters. The van der Waals surface area contributed by atoms with Gasteiger partial charge in [0.25, 0.3) is 0 Å². The number of hydrogen-bond donors (Lipinski definition) is 0. The van der Waals surface area contributed by atoms with Crippen LogP contribution in [0.5, 0.6) is 0 Å². The molecule has 2 aliphatic rings. The van der Waals surface area contributed by atoms with Crippen molar-refractivity contribution in [1.82, 2.24) is 4.90 Å². The quantitative estimate of drug-likeness (QED) is 0.505. The first-order chi connectivity index (χ1) is 5.93. The molecule has 0 amide bonds. The van der Waals surface area contributed by atoms with Crippen LogP contribution in [0.1, 0.15) is 26.2 Å². The predicted molar refractivity (Wildman–Crippen MR) is 78.0 cm³/mol. The molecule has 2 rings (SSSR count). The summed E-state index contributed by atoms with van der Waals surface area (Å²) in [5.41, 5.74) is 0. The second-order valence-corrected chi connectivity index (χ2v) is 3.00. The predicted octanol–water partition coefficient (Wildman–Crippen LogP) is 4.37. The van der Waals surface area contributed by atoms with Gasteiger partial charge in [-0.25, -0.2) is 12.2 Å². The molecule has 0 radical (unpaired) electrons. The van der Waals surface area contributed by atoms with E-state index in [4.69, 9.17) is 0 Å². The molecule has 0 spiro atoms. The summed E-state index contributed by atoms with van der Waals surface area (Å²) in [6.45, 7) is 6.85. The zero-order valence-corrected chi connectivity index (χ0v) is 13.9. The smallest absolute Gasteiger partial charge is 0 e. The van der Waals surface area contributed by atoms with Gasteiger partial charge in [0, 0.05) is 21.7 Å². The first-order valence-corrected chi connectivity index (χ1v) is 4.69. The summed E-state index contributed by atoms with van der Waals surface area (Å²) in [6, 6.07) is 0. The minimum atomic E-state index is 0. The van der Waals surface area contributed by atoms with Gasteiger partial charge in [-0.1, -0.05) is 0 Å². The van der Waals surface area contributed by atoms with Crippen LogP contribution >= 0.6 is 0 Å². The van der Waals surface area contributed by atoms with Gasteiger partial charge in [-0.05, 0) is 25.9 Å². The zero-order chi connectivity index (χ0) is 8.65. The third-order valence-electron chi connectivity index (χ3n) is 2.09. The van der Waals surface area contributed by atoms with Gasteiger partial charge in [-0.15, -0.1) is 6.42 Å². The third kappa shape index (κ3) is 16.2. The molecular weight excluding hydrogens is 242 g/mol. The first-order valence-electron chi connectivity index (χ1n) is 4.69. The van der Waals surface area contributed by atoms with Crippen LogP contribution in [0, 0.1) is 42.3 Å². The van der Waals surface area contributed by atoms with E-state index in [0.717, 1.165) is 6.42 Å². The third-order valence-corrected chi connectivity index (χ3v) is 2.09. The molecule has 0 unspecified atom stereocenters. The molecular formula is C15H29NTi-6. The molecule has 1 nitrogen and oxygen atoms in total. The van der Waals surface area contributed by atoms with Crippen molar-refractivity contribution >= 4 is 0 Å². The van der Waals surface area contributed by atoms with E-state index in [1.54, 1.807) is 0 Å². The fourth-order valence-electron chi connectivity index (χ4n) is 1.34. The summed E-state index contributed by atoms with van der Waals surface area (Å²) in [5.74, 6) is 0. The number of hydrogen-bond acceptors (Lipinski definition) is 1. The molecule has 1 heterocycles. The first kappa shape index (κ1) is 30.3. The van der Waals surface area contributed by atoms with E-state index in [-0.39, 0.29) is 51.4 Å². The van der Waals surface area contributed by atoms with Gasteiger partial charge in [0.2, 0.25) is 0 Å². The molecule has 104 valence electrons. The number of allylic oxidation sites excluding steroid dienone is 4. The molecule has 0 aromatic rings. The van der Waals surface area contributed by atoms with Crippen molar-refractivity contribution in [2.45, 2.75) is 26.2 Å². The standard InChI is InChI=1S/C6H12N.C5H5.4CH3.Ti/c1-2-7-5-3-4-6-7;1-2-4-5-3-1;;;;;/h2H,3-6H2,1H3;1-3H,4H2;4*1H3;/q6*-1;. The van der Waals surface area contributed by atoms with Crippen LogP contribution in [0.25, 0.3) is 0 Å². The van der Waals surface area contributed by atoms with Crippen molar-refractivity contribution in [3.63, 3.8) is 0 Å². The minimum Gasteiger partial charge on any atom is -0.457 e. The van der Waals surface area contributed by atoms with E-state index in [9.17, 15) is 0 Å². The van der Waals surface area contributed by atoms with Gasteiger partial charge in [0.05, 0.1) is 0 Å². The fraction of sp³-hybridized carbons (Fsp3) is 0.400. The van der Waals surface area contributed by atoms with Crippen molar-refractivity contribution in [2.24, 2.45) is 0 Å².